The van der Waals surface area contributed by atoms with Gasteiger partial charge >= 0.3 is 0 Å². The second-order valence-corrected chi connectivity index (χ2v) is 7.46. The van der Waals surface area contributed by atoms with Crippen LogP contribution in [0.25, 0.3) is 21.9 Å². The van der Waals surface area contributed by atoms with Gasteiger partial charge in [-0.05, 0) is 61.0 Å². The topological polar surface area (TPSA) is 98.5 Å². The summed E-state index contributed by atoms with van der Waals surface area (Å²) in [4.78, 5) is 20.5. The zero-order valence-electron chi connectivity index (χ0n) is 16.0. The van der Waals surface area contributed by atoms with E-state index >= 15 is 0 Å². The van der Waals surface area contributed by atoms with Crippen LogP contribution in [0, 0.1) is 6.92 Å². The maximum Gasteiger partial charge on any atom is 0.255 e. The van der Waals surface area contributed by atoms with Crippen molar-refractivity contribution in [2.75, 3.05) is 10.6 Å². The van der Waals surface area contributed by atoms with Crippen LogP contribution in [-0.4, -0.2) is 26.1 Å². The summed E-state index contributed by atoms with van der Waals surface area (Å²) < 4.78 is 0. The van der Waals surface area contributed by atoms with Gasteiger partial charge in [0.15, 0.2) is 0 Å². The third kappa shape index (κ3) is 3.46. The first-order chi connectivity index (χ1) is 14.5. The molecule has 1 amide bonds. The molecule has 0 spiro atoms. The quantitative estimate of drug-likeness (QED) is 0.315. The predicted molar refractivity (Wildman–Crippen MR) is 120 cm³/mol. The molecule has 5 aromatic rings. The summed E-state index contributed by atoms with van der Waals surface area (Å²) in [7, 11) is 0. The van der Waals surface area contributed by atoms with Gasteiger partial charge in [0.2, 0.25) is 5.95 Å². The fourth-order valence-corrected chi connectivity index (χ4v) is 3.46. The normalized spacial score (nSPS) is 11.1. The van der Waals surface area contributed by atoms with Crippen LogP contribution in [0.1, 0.15) is 15.9 Å². The number of carbonyl (C=O) groups is 1. The van der Waals surface area contributed by atoms with E-state index in [1.54, 1.807) is 18.3 Å². The molecular formula is C22H17ClN6O. The number of fused-ring (bicyclic) bond motifs is 2. The Morgan fingerprint density at radius 2 is 1.93 bits per heavy atom. The van der Waals surface area contributed by atoms with Gasteiger partial charge in [0.1, 0.15) is 0 Å². The number of benzene rings is 3. The van der Waals surface area contributed by atoms with Crippen LogP contribution in [0.3, 0.4) is 0 Å². The molecule has 8 heteroatoms. The van der Waals surface area contributed by atoms with Crippen molar-refractivity contribution in [2.24, 2.45) is 0 Å². The molecule has 0 aliphatic rings. The number of hydrogen-bond acceptors (Lipinski definition) is 4. The molecule has 0 aliphatic carbocycles. The van der Waals surface area contributed by atoms with Gasteiger partial charge in [0.05, 0.1) is 22.7 Å². The average molecular weight is 417 g/mol. The third-order valence-electron chi connectivity index (χ3n) is 4.90. The van der Waals surface area contributed by atoms with E-state index < -0.39 is 0 Å². The third-order valence-corrected chi connectivity index (χ3v) is 5.13. The number of imidazole rings is 1. The fourth-order valence-electron chi connectivity index (χ4n) is 3.28. The minimum absolute atomic E-state index is 0.203. The molecule has 0 unspecified atom stereocenters. The summed E-state index contributed by atoms with van der Waals surface area (Å²) in [6.07, 6.45) is 1.74. The van der Waals surface area contributed by atoms with Crippen LogP contribution in [-0.2, 0) is 0 Å². The Morgan fingerprint density at radius 1 is 1.03 bits per heavy atom. The number of hydrogen-bond donors (Lipinski definition) is 4. The number of aromatic nitrogens is 4. The highest BCUT2D eigenvalue weighted by molar-refractivity contribution is 6.30. The molecule has 148 valence electrons. The summed E-state index contributed by atoms with van der Waals surface area (Å²) in [5.74, 6) is 0.378. The molecule has 0 bridgehead atoms. The first kappa shape index (κ1) is 18.2. The average Bonchev–Trinajstić information content (AvgIpc) is 3.35. The molecule has 0 saturated heterocycles. The van der Waals surface area contributed by atoms with Crippen molar-refractivity contribution in [3.8, 4) is 0 Å². The summed E-state index contributed by atoms with van der Waals surface area (Å²) in [5.41, 5.74) is 5.52. The maximum atomic E-state index is 12.7. The van der Waals surface area contributed by atoms with Crippen molar-refractivity contribution in [2.45, 2.75) is 6.92 Å². The highest BCUT2D eigenvalue weighted by atomic mass is 35.5. The highest BCUT2D eigenvalue weighted by Crippen LogP contribution is 2.25. The molecule has 4 N–H and O–H groups in total. The number of amides is 1. The molecule has 7 nitrogen and oxygen atoms in total. The minimum Gasteiger partial charge on any atom is -0.325 e. The maximum absolute atomic E-state index is 12.7. The van der Waals surface area contributed by atoms with E-state index in [2.05, 4.69) is 30.8 Å². The number of anilines is 3. The van der Waals surface area contributed by atoms with E-state index in [4.69, 9.17) is 11.6 Å². The largest absolute Gasteiger partial charge is 0.325 e. The second kappa shape index (κ2) is 7.20. The van der Waals surface area contributed by atoms with Gasteiger partial charge in [0, 0.05) is 27.3 Å². The van der Waals surface area contributed by atoms with Crippen LogP contribution in [0.15, 0.2) is 60.8 Å². The highest BCUT2D eigenvalue weighted by Gasteiger charge is 2.11. The van der Waals surface area contributed by atoms with Crippen LogP contribution < -0.4 is 10.6 Å². The van der Waals surface area contributed by atoms with Gasteiger partial charge in [-0.15, -0.1) is 0 Å². The molecule has 0 fully saturated rings. The molecule has 0 saturated carbocycles. The number of nitrogens with one attached hydrogen (secondary N) is 4. The van der Waals surface area contributed by atoms with Crippen molar-refractivity contribution in [3.05, 3.63) is 76.9 Å². The zero-order valence-corrected chi connectivity index (χ0v) is 16.7. The number of halogens is 1. The smallest absolute Gasteiger partial charge is 0.255 e. The number of aryl methyl sites for hydroxylation is 1. The van der Waals surface area contributed by atoms with Crippen molar-refractivity contribution < 1.29 is 4.79 Å². The fraction of sp³-hybridized carbons (Fsp3) is 0.0455. The van der Waals surface area contributed by atoms with Gasteiger partial charge in [-0.25, -0.2) is 4.98 Å². The molecule has 30 heavy (non-hydrogen) atoms. The van der Waals surface area contributed by atoms with Gasteiger partial charge in [-0.2, -0.15) is 5.10 Å². The number of H-pyrrole nitrogens is 2. The molecule has 2 heterocycles. The van der Waals surface area contributed by atoms with Crippen LogP contribution in [0.5, 0.6) is 0 Å². The van der Waals surface area contributed by atoms with Crippen molar-refractivity contribution in [1.82, 2.24) is 20.2 Å². The lowest BCUT2D eigenvalue weighted by atomic mass is 10.1. The number of rotatable bonds is 4. The Hall–Kier alpha value is -3.84. The standard InChI is InChI=1S/C22H17ClN6O/c1-12-2-5-15(23)9-18(12)27-22-26-17-7-4-13(8-20(17)28-22)21(30)25-16-6-3-14-11-24-29-19(14)10-16/h2-11H,1H3,(H,24,29)(H,25,30)(H2,26,27,28). The number of aromatic amines is 2. The van der Waals surface area contributed by atoms with Crippen molar-refractivity contribution in [1.29, 1.82) is 0 Å². The summed E-state index contributed by atoms with van der Waals surface area (Å²) in [6, 6.07) is 16.6. The van der Waals surface area contributed by atoms with Gasteiger partial charge in [-0.3, -0.25) is 9.89 Å². The summed E-state index contributed by atoms with van der Waals surface area (Å²) >= 11 is 6.09. The SMILES string of the molecule is Cc1ccc(Cl)cc1Nc1nc2ccc(C(=O)Nc3ccc4cn[nH]c4c3)cc2[nH]1. The Morgan fingerprint density at radius 3 is 2.83 bits per heavy atom. The van der Waals surface area contributed by atoms with Gasteiger partial charge in [-0.1, -0.05) is 17.7 Å². The molecular weight excluding hydrogens is 400 g/mol. The Labute approximate surface area is 176 Å². The molecule has 0 atom stereocenters. The van der Waals surface area contributed by atoms with Crippen LogP contribution in [0.4, 0.5) is 17.3 Å². The van der Waals surface area contributed by atoms with E-state index in [1.165, 1.54) is 0 Å². The number of nitrogens with zero attached hydrogens (tertiary/aromatic N) is 2. The Balaban J connectivity index is 1.38. The monoisotopic (exact) mass is 416 g/mol. The van der Waals surface area contributed by atoms with Crippen LogP contribution in [0.2, 0.25) is 5.02 Å². The van der Waals surface area contributed by atoms with Crippen molar-refractivity contribution >= 4 is 56.8 Å². The predicted octanol–water partition coefficient (Wildman–Crippen LogP) is 5.40. The Bertz CT molecular complexity index is 1400. The lowest BCUT2D eigenvalue weighted by Gasteiger charge is -2.06. The van der Waals surface area contributed by atoms with E-state index in [0.29, 0.717) is 22.2 Å². The van der Waals surface area contributed by atoms with Crippen molar-refractivity contribution in [3.63, 3.8) is 0 Å². The molecule has 2 aromatic heterocycles. The molecule has 0 aliphatic heterocycles. The Kier molecular flexibility index (Phi) is 4.37. The van der Waals surface area contributed by atoms with Gasteiger partial charge in [0.25, 0.3) is 5.91 Å². The lowest BCUT2D eigenvalue weighted by molar-refractivity contribution is 0.102. The minimum atomic E-state index is -0.203. The zero-order chi connectivity index (χ0) is 20.7. The van der Waals surface area contributed by atoms with E-state index in [9.17, 15) is 4.79 Å². The second-order valence-electron chi connectivity index (χ2n) is 7.03. The van der Waals surface area contributed by atoms with Gasteiger partial charge < -0.3 is 15.6 Å². The van der Waals surface area contributed by atoms with E-state index in [1.807, 2.05) is 49.4 Å². The van der Waals surface area contributed by atoms with Crippen LogP contribution >= 0.6 is 11.6 Å². The van der Waals surface area contributed by atoms with E-state index in [0.717, 1.165) is 33.2 Å². The lowest BCUT2D eigenvalue weighted by Crippen LogP contribution is -2.11. The van der Waals surface area contributed by atoms with E-state index in [-0.39, 0.29) is 5.91 Å². The number of carbonyl (C=O) groups excluding carboxylic acids is 1. The summed E-state index contributed by atoms with van der Waals surface area (Å²) in [6.45, 7) is 1.99. The first-order valence-electron chi connectivity index (χ1n) is 9.32. The summed E-state index contributed by atoms with van der Waals surface area (Å²) in [5, 5.41) is 14.7. The molecule has 0 radical (unpaired) electrons. The molecule has 3 aromatic carbocycles. The molecule has 5 rings (SSSR count). The first-order valence-corrected chi connectivity index (χ1v) is 9.70.